The molecular formula is C16H22N4O2. The number of fused-ring (bicyclic) bond motifs is 1. The smallest absolute Gasteiger partial charge is 0.231 e. The van der Waals surface area contributed by atoms with Crippen molar-refractivity contribution in [3.63, 3.8) is 0 Å². The van der Waals surface area contributed by atoms with Gasteiger partial charge in [-0.2, -0.15) is 0 Å². The quantitative estimate of drug-likeness (QED) is 0.671. The van der Waals surface area contributed by atoms with Crippen molar-refractivity contribution in [3.05, 3.63) is 23.8 Å². The van der Waals surface area contributed by atoms with Gasteiger partial charge >= 0.3 is 0 Å². The Bertz CT molecular complexity index is 580. The van der Waals surface area contributed by atoms with Gasteiger partial charge in [-0.05, 0) is 31.5 Å². The van der Waals surface area contributed by atoms with Crippen LogP contribution < -0.4 is 9.47 Å². The van der Waals surface area contributed by atoms with Crippen LogP contribution in [0.5, 0.6) is 11.5 Å². The average Bonchev–Trinajstić information content (AvgIpc) is 3.02. The van der Waals surface area contributed by atoms with E-state index >= 15 is 0 Å². The molecule has 0 aromatic heterocycles. The lowest BCUT2D eigenvalue weighted by Crippen LogP contribution is -2.48. The van der Waals surface area contributed by atoms with Crippen molar-refractivity contribution in [3.8, 4) is 11.5 Å². The Morgan fingerprint density at radius 1 is 1.23 bits per heavy atom. The summed E-state index contributed by atoms with van der Waals surface area (Å²) in [5.74, 6) is 2.02. The number of ether oxygens (including phenoxy) is 2. The second kappa shape index (κ2) is 6.36. The fourth-order valence-corrected chi connectivity index (χ4v) is 2.91. The molecule has 1 saturated heterocycles. The molecule has 0 radical (unpaired) electrons. The Labute approximate surface area is 130 Å². The highest BCUT2D eigenvalue weighted by Gasteiger charge is 2.24. The molecular weight excluding hydrogens is 280 g/mol. The Morgan fingerprint density at radius 3 is 2.68 bits per heavy atom. The van der Waals surface area contributed by atoms with Gasteiger partial charge in [0.2, 0.25) is 12.8 Å². The number of rotatable bonds is 2. The molecule has 118 valence electrons. The molecule has 6 heteroatoms. The van der Waals surface area contributed by atoms with E-state index in [-0.39, 0.29) is 0 Å². The van der Waals surface area contributed by atoms with Gasteiger partial charge in [0.1, 0.15) is 0 Å². The van der Waals surface area contributed by atoms with Crippen LogP contribution >= 0.6 is 0 Å². The molecule has 6 nitrogen and oxygen atoms in total. The van der Waals surface area contributed by atoms with Crippen LogP contribution in [-0.2, 0) is 0 Å². The maximum absolute atomic E-state index is 7.88. The highest BCUT2D eigenvalue weighted by atomic mass is 16.7. The standard InChI is InChI=1S/C16H22N4O2/c1-3-18-16(17)20-8-6-19(7-9-20)12(2)13-4-5-14-15(10-13)22-11-21-14/h3-5,10,12,17H,6-9,11H2,1-2H3/b17-16?,18-3-. The summed E-state index contributed by atoms with van der Waals surface area (Å²) in [4.78, 5) is 8.50. The fourth-order valence-electron chi connectivity index (χ4n) is 2.91. The lowest BCUT2D eigenvalue weighted by molar-refractivity contribution is 0.139. The SMILES string of the molecule is C/C=N\C(=N)N1CCN(C(C)c2ccc3c(c2)OCO3)CC1. The number of hydrogen-bond donors (Lipinski definition) is 1. The van der Waals surface area contributed by atoms with Crippen molar-refractivity contribution in [2.75, 3.05) is 33.0 Å². The first-order valence-corrected chi connectivity index (χ1v) is 7.65. The molecule has 3 rings (SSSR count). The van der Waals surface area contributed by atoms with Crippen molar-refractivity contribution in [1.82, 2.24) is 9.80 Å². The topological polar surface area (TPSA) is 61.2 Å². The number of nitrogens with zero attached hydrogens (tertiary/aromatic N) is 3. The van der Waals surface area contributed by atoms with Crippen LogP contribution in [0.15, 0.2) is 23.2 Å². The molecule has 22 heavy (non-hydrogen) atoms. The van der Waals surface area contributed by atoms with E-state index in [1.54, 1.807) is 6.21 Å². The first-order valence-electron chi connectivity index (χ1n) is 7.65. The van der Waals surface area contributed by atoms with Gasteiger partial charge in [0.15, 0.2) is 11.5 Å². The van der Waals surface area contributed by atoms with E-state index in [0.717, 1.165) is 37.7 Å². The molecule has 1 aromatic carbocycles. The minimum Gasteiger partial charge on any atom is -0.454 e. The lowest BCUT2D eigenvalue weighted by Gasteiger charge is -2.38. The Hall–Kier alpha value is -2.08. The number of piperazine rings is 1. The number of hydrogen-bond acceptors (Lipinski definition) is 4. The molecule has 0 saturated carbocycles. The Morgan fingerprint density at radius 2 is 1.95 bits per heavy atom. The minimum atomic E-state index is 0.311. The molecule has 1 aromatic rings. The van der Waals surface area contributed by atoms with Gasteiger partial charge in [-0.3, -0.25) is 10.3 Å². The van der Waals surface area contributed by atoms with E-state index in [4.69, 9.17) is 14.9 Å². The predicted octanol–water partition coefficient (Wildman–Crippen LogP) is 2.12. The van der Waals surface area contributed by atoms with E-state index in [2.05, 4.69) is 28.9 Å². The number of nitrogens with one attached hydrogen (secondary N) is 1. The number of benzene rings is 1. The molecule has 0 spiro atoms. The average molecular weight is 302 g/mol. The van der Waals surface area contributed by atoms with Crippen LogP contribution in [0, 0.1) is 5.41 Å². The normalized spacial score (nSPS) is 19.6. The van der Waals surface area contributed by atoms with Crippen LogP contribution in [0.3, 0.4) is 0 Å². The van der Waals surface area contributed by atoms with Crippen molar-refractivity contribution < 1.29 is 9.47 Å². The van der Waals surface area contributed by atoms with E-state index < -0.39 is 0 Å². The monoisotopic (exact) mass is 302 g/mol. The van der Waals surface area contributed by atoms with Gasteiger partial charge in [0.25, 0.3) is 0 Å². The summed E-state index contributed by atoms with van der Waals surface area (Å²) in [5.41, 5.74) is 1.24. The molecule has 1 atom stereocenters. The van der Waals surface area contributed by atoms with E-state index in [1.807, 2.05) is 17.9 Å². The summed E-state index contributed by atoms with van der Waals surface area (Å²) >= 11 is 0. The maximum Gasteiger partial charge on any atom is 0.231 e. The van der Waals surface area contributed by atoms with Gasteiger partial charge in [0, 0.05) is 38.4 Å². The van der Waals surface area contributed by atoms with Crippen molar-refractivity contribution in [1.29, 1.82) is 5.41 Å². The highest BCUT2D eigenvalue weighted by molar-refractivity contribution is 5.84. The second-order valence-corrected chi connectivity index (χ2v) is 5.52. The summed E-state index contributed by atoms with van der Waals surface area (Å²) in [6.07, 6.45) is 1.67. The third kappa shape index (κ3) is 2.92. The third-order valence-electron chi connectivity index (χ3n) is 4.29. The first-order chi connectivity index (χ1) is 10.7. The molecule has 0 aliphatic carbocycles. The third-order valence-corrected chi connectivity index (χ3v) is 4.29. The van der Waals surface area contributed by atoms with Crippen LogP contribution in [0.2, 0.25) is 0 Å². The zero-order valence-electron chi connectivity index (χ0n) is 13.1. The van der Waals surface area contributed by atoms with Gasteiger partial charge in [-0.25, -0.2) is 4.99 Å². The van der Waals surface area contributed by atoms with Crippen LogP contribution in [0.1, 0.15) is 25.5 Å². The first kappa shape index (κ1) is 14.8. The van der Waals surface area contributed by atoms with E-state index in [9.17, 15) is 0 Å². The number of guanidine groups is 1. The van der Waals surface area contributed by atoms with Crippen molar-refractivity contribution in [2.45, 2.75) is 19.9 Å². The van der Waals surface area contributed by atoms with Gasteiger partial charge in [-0.15, -0.1) is 0 Å². The number of aliphatic imine (C=N–C) groups is 1. The Kier molecular flexibility index (Phi) is 4.29. The lowest BCUT2D eigenvalue weighted by atomic mass is 10.1. The van der Waals surface area contributed by atoms with E-state index in [1.165, 1.54) is 5.56 Å². The molecule has 2 aliphatic rings. The largest absolute Gasteiger partial charge is 0.454 e. The summed E-state index contributed by atoms with van der Waals surface area (Å²) in [5, 5.41) is 7.88. The summed E-state index contributed by atoms with van der Waals surface area (Å²) in [6, 6.07) is 6.48. The van der Waals surface area contributed by atoms with Gasteiger partial charge in [0.05, 0.1) is 0 Å². The summed E-state index contributed by atoms with van der Waals surface area (Å²) in [7, 11) is 0. The summed E-state index contributed by atoms with van der Waals surface area (Å²) < 4.78 is 10.8. The molecule has 1 N–H and O–H groups in total. The van der Waals surface area contributed by atoms with Crippen molar-refractivity contribution >= 4 is 12.2 Å². The Balaban J connectivity index is 1.62. The van der Waals surface area contributed by atoms with Gasteiger partial charge < -0.3 is 14.4 Å². The molecule has 1 fully saturated rings. The maximum atomic E-state index is 7.88. The highest BCUT2D eigenvalue weighted by Crippen LogP contribution is 2.35. The zero-order valence-corrected chi connectivity index (χ0v) is 13.1. The fraction of sp³-hybridized carbons (Fsp3) is 0.500. The minimum absolute atomic E-state index is 0.311. The van der Waals surface area contributed by atoms with Crippen molar-refractivity contribution in [2.24, 2.45) is 4.99 Å². The molecule has 0 amide bonds. The van der Waals surface area contributed by atoms with E-state index in [0.29, 0.717) is 18.8 Å². The second-order valence-electron chi connectivity index (χ2n) is 5.52. The molecule has 2 heterocycles. The summed E-state index contributed by atoms with van der Waals surface area (Å²) in [6.45, 7) is 7.89. The van der Waals surface area contributed by atoms with Gasteiger partial charge in [-0.1, -0.05) is 6.07 Å². The molecule has 1 unspecified atom stereocenters. The van der Waals surface area contributed by atoms with Crippen LogP contribution in [-0.4, -0.2) is 54.9 Å². The molecule has 0 bridgehead atoms. The zero-order chi connectivity index (χ0) is 15.5. The predicted molar refractivity (Wildman–Crippen MR) is 86.0 cm³/mol. The van der Waals surface area contributed by atoms with Crippen LogP contribution in [0.25, 0.3) is 0 Å². The molecule has 2 aliphatic heterocycles. The van der Waals surface area contributed by atoms with Crippen LogP contribution in [0.4, 0.5) is 0 Å².